The average molecular weight is 211 g/mol. The van der Waals surface area contributed by atoms with Crippen LogP contribution in [0, 0.1) is 6.92 Å². The van der Waals surface area contributed by atoms with Crippen molar-refractivity contribution in [3.05, 3.63) is 36.5 Å². The first-order valence-electron chi connectivity index (χ1n) is 4.92. The topological polar surface area (TPSA) is 67.3 Å². The quantitative estimate of drug-likeness (QED) is 0.665. The van der Waals surface area contributed by atoms with Crippen LogP contribution in [0.1, 0.15) is 5.82 Å². The molecule has 0 spiro atoms. The van der Waals surface area contributed by atoms with Crippen LogP contribution < -0.4 is 0 Å². The first kappa shape index (κ1) is 8.96. The van der Waals surface area contributed by atoms with Crippen LogP contribution >= 0.6 is 0 Å². The van der Waals surface area contributed by atoms with E-state index in [9.17, 15) is 0 Å². The van der Waals surface area contributed by atoms with Gasteiger partial charge in [0, 0.05) is 29.5 Å². The summed E-state index contributed by atoms with van der Waals surface area (Å²) in [5.74, 6) is 0.731. The molecule has 0 amide bonds. The fourth-order valence-electron chi connectivity index (χ4n) is 1.57. The number of hydrogen-bond acceptors (Lipinski definition) is 4. The molecule has 3 aromatic rings. The van der Waals surface area contributed by atoms with Gasteiger partial charge in [-0.2, -0.15) is 5.10 Å². The van der Waals surface area contributed by atoms with Crippen molar-refractivity contribution in [3.8, 4) is 11.3 Å². The third kappa shape index (κ3) is 1.42. The maximum atomic E-state index is 4.30. The third-order valence-corrected chi connectivity index (χ3v) is 2.37. The summed E-state index contributed by atoms with van der Waals surface area (Å²) in [5, 5.41) is 7.74. The second-order valence-corrected chi connectivity index (χ2v) is 3.52. The Balaban J connectivity index is 2.20. The van der Waals surface area contributed by atoms with Gasteiger partial charge < -0.3 is 0 Å². The minimum atomic E-state index is 0.718. The third-order valence-electron chi connectivity index (χ3n) is 2.37. The van der Waals surface area contributed by atoms with E-state index in [1.54, 1.807) is 18.6 Å². The molecule has 0 saturated carbocycles. The molecule has 0 fully saturated rings. The number of aromatic nitrogens is 5. The highest BCUT2D eigenvalue weighted by Crippen LogP contribution is 2.18. The summed E-state index contributed by atoms with van der Waals surface area (Å²) in [6.45, 7) is 1.85. The van der Waals surface area contributed by atoms with Crippen LogP contribution in [0.3, 0.4) is 0 Å². The Hall–Kier alpha value is -2.30. The molecule has 0 unspecified atom stereocenters. The second-order valence-electron chi connectivity index (χ2n) is 3.52. The van der Waals surface area contributed by atoms with Crippen molar-refractivity contribution < 1.29 is 0 Å². The Kier molecular flexibility index (Phi) is 1.89. The van der Waals surface area contributed by atoms with Crippen LogP contribution in [0.4, 0.5) is 0 Å². The molecule has 5 heteroatoms. The Bertz CT molecular complexity index is 630. The largest absolute Gasteiger partial charge is 0.278 e. The van der Waals surface area contributed by atoms with Crippen molar-refractivity contribution in [2.45, 2.75) is 6.92 Å². The van der Waals surface area contributed by atoms with Crippen LogP contribution in [0.15, 0.2) is 30.7 Å². The van der Waals surface area contributed by atoms with Gasteiger partial charge >= 0.3 is 0 Å². The number of hydrogen-bond donors (Lipinski definition) is 1. The standard InChI is InChI=1S/C11H9N5/c1-7-12-6-9-4-8(5-13-11(9)15-7)10-2-3-14-16-10/h2-6H,1H3,(H,14,16). The van der Waals surface area contributed by atoms with E-state index in [4.69, 9.17) is 0 Å². The van der Waals surface area contributed by atoms with Gasteiger partial charge in [0.25, 0.3) is 0 Å². The zero-order valence-electron chi connectivity index (χ0n) is 8.68. The van der Waals surface area contributed by atoms with E-state index in [-0.39, 0.29) is 0 Å². The maximum absolute atomic E-state index is 4.30. The number of nitrogens with zero attached hydrogens (tertiary/aromatic N) is 4. The molecule has 0 bridgehead atoms. The molecule has 1 N–H and O–H groups in total. The summed E-state index contributed by atoms with van der Waals surface area (Å²) in [6.07, 6.45) is 5.28. The van der Waals surface area contributed by atoms with Gasteiger partial charge in [-0.3, -0.25) is 5.10 Å². The Morgan fingerprint density at radius 1 is 1.19 bits per heavy atom. The van der Waals surface area contributed by atoms with Crippen LogP contribution in [0.2, 0.25) is 0 Å². The lowest BCUT2D eigenvalue weighted by atomic mass is 10.2. The summed E-state index contributed by atoms with van der Waals surface area (Å²) in [4.78, 5) is 12.7. The van der Waals surface area contributed by atoms with Gasteiger partial charge in [-0.1, -0.05) is 0 Å². The molecule has 16 heavy (non-hydrogen) atoms. The summed E-state index contributed by atoms with van der Waals surface area (Å²) in [6, 6.07) is 3.90. The fourth-order valence-corrected chi connectivity index (χ4v) is 1.57. The average Bonchev–Trinajstić information content (AvgIpc) is 2.82. The molecule has 5 nitrogen and oxygen atoms in total. The number of fused-ring (bicyclic) bond motifs is 1. The predicted octanol–water partition coefficient (Wildman–Crippen LogP) is 1.72. The van der Waals surface area contributed by atoms with Gasteiger partial charge in [-0.15, -0.1) is 0 Å². The highest BCUT2D eigenvalue weighted by Gasteiger charge is 2.03. The van der Waals surface area contributed by atoms with Crippen LogP contribution in [-0.4, -0.2) is 25.1 Å². The van der Waals surface area contributed by atoms with Crippen LogP contribution in [0.25, 0.3) is 22.3 Å². The predicted molar refractivity (Wildman–Crippen MR) is 59.7 cm³/mol. The van der Waals surface area contributed by atoms with E-state index in [0.717, 1.165) is 28.1 Å². The van der Waals surface area contributed by atoms with Crippen molar-refractivity contribution in [3.63, 3.8) is 0 Å². The van der Waals surface area contributed by atoms with Gasteiger partial charge in [0.2, 0.25) is 0 Å². The molecule has 0 aliphatic carbocycles. The first-order valence-corrected chi connectivity index (χ1v) is 4.92. The minimum Gasteiger partial charge on any atom is -0.278 e. The van der Waals surface area contributed by atoms with E-state index in [0.29, 0.717) is 0 Å². The van der Waals surface area contributed by atoms with E-state index in [1.165, 1.54) is 0 Å². The molecule has 3 rings (SSSR count). The van der Waals surface area contributed by atoms with E-state index >= 15 is 0 Å². The van der Waals surface area contributed by atoms with Crippen LogP contribution in [0.5, 0.6) is 0 Å². The van der Waals surface area contributed by atoms with Crippen molar-refractivity contribution in [2.24, 2.45) is 0 Å². The lowest BCUT2D eigenvalue weighted by molar-refractivity contribution is 1.07. The second kappa shape index (κ2) is 3.37. The highest BCUT2D eigenvalue weighted by molar-refractivity contribution is 5.79. The number of rotatable bonds is 1. The molecule has 0 radical (unpaired) electrons. The van der Waals surface area contributed by atoms with E-state index in [1.807, 2.05) is 19.1 Å². The lowest BCUT2D eigenvalue weighted by Gasteiger charge is -2.00. The number of aryl methyl sites for hydroxylation is 1. The molecular formula is C11H9N5. The Morgan fingerprint density at radius 3 is 2.94 bits per heavy atom. The molecule has 3 heterocycles. The van der Waals surface area contributed by atoms with Gasteiger partial charge in [-0.25, -0.2) is 15.0 Å². The number of aromatic amines is 1. The normalized spacial score (nSPS) is 10.8. The molecule has 0 atom stereocenters. The fraction of sp³-hybridized carbons (Fsp3) is 0.0909. The molecule has 0 aliphatic heterocycles. The Morgan fingerprint density at radius 2 is 2.12 bits per heavy atom. The Labute approximate surface area is 91.6 Å². The first-order chi connectivity index (χ1) is 7.83. The zero-order valence-corrected chi connectivity index (χ0v) is 8.68. The summed E-state index contributed by atoms with van der Waals surface area (Å²) in [7, 11) is 0. The smallest absolute Gasteiger partial charge is 0.162 e. The van der Waals surface area contributed by atoms with Gasteiger partial charge in [-0.05, 0) is 19.1 Å². The lowest BCUT2D eigenvalue weighted by Crippen LogP contribution is -1.91. The molecule has 3 aromatic heterocycles. The molecular weight excluding hydrogens is 202 g/mol. The molecule has 0 aromatic carbocycles. The summed E-state index contributed by atoms with van der Waals surface area (Å²) >= 11 is 0. The van der Waals surface area contributed by atoms with Crippen molar-refractivity contribution in [1.29, 1.82) is 0 Å². The van der Waals surface area contributed by atoms with E-state index < -0.39 is 0 Å². The number of pyridine rings is 1. The van der Waals surface area contributed by atoms with Gasteiger partial charge in [0.1, 0.15) is 5.82 Å². The van der Waals surface area contributed by atoms with Crippen molar-refractivity contribution in [1.82, 2.24) is 25.1 Å². The highest BCUT2D eigenvalue weighted by atomic mass is 15.1. The number of nitrogens with one attached hydrogen (secondary N) is 1. The summed E-state index contributed by atoms with van der Waals surface area (Å²) < 4.78 is 0. The maximum Gasteiger partial charge on any atom is 0.162 e. The van der Waals surface area contributed by atoms with Gasteiger partial charge in [0.15, 0.2) is 5.65 Å². The van der Waals surface area contributed by atoms with Crippen LogP contribution in [-0.2, 0) is 0 Å². The zero-order chi connectivity index (χ0) is 11.0. The monoisotopic (exact) mass is 211 g/mol. The minimum absolute atomic E-state index is 0.718. The molecule has 78 valence electrons. The van der Waals surface area contributed by atoms with Gasteiger partial charge in [0.05, 0.1) is 5.69 Å². The van der Waals surface area contributed by atoms with Crippen molar-refractivity contribution >= 4 is 11.0 Å². The van der Waals surface area contributed by atoms with Crippen molar-refractivity contribution in [2.75, 3.05) is 0 Å². The molecule has 0 aliphatic rings. The van der Waals surface area contributed by atoms with E-state index in [2.05, 4.69) is 25.1 Å². The summed E-state index contributed by atoms with van der Waals surface area (Å²) in [5.41, 5.74) is 2.64. The number of H-pyrrole nitrogens is 1. The SMILES string of the molecule is Cc1ncc2cc(-c3ccn[nH]3)cnc2n1. The molecule has 0 saturated heterocycles.